The number of carbonyl (C=O) groups is 1. The van der Waals surface area contributed by atoms with Gasteiger partial charge in [-0.05, 0) is 24.3 Å². The molecule has 0 radical (unpaired) electrons. The number of hydrogen-bond acceptors (Lipinski definition) is 5. The number of benzene rings is 1. The maximum Gasteiger partial charge on any atom is 0.287 e. The van der Waals surface area contributed by atoms with E-state index < -0.39 is 16.6 Å². The number of rotatable bonds is 3. The topological polar surface area (TPSA) is 79.6 Å². The average Bonchev–Trinajstić information content (AvgIpc) is 2.63. The summed E-state index contributed by atoms with van der Waals surface area (Å²) in [5, 5.41) is 10.6. The van der Waals surface area contributed by atoms with Crippen LogP contribution in [0.1, 0.15) is 10.4 Å². The van der Waals surface area contributed by atoms with Crippen LogP contribution >= 0.6 is 0 Å². The summed E-state index contributed by atoms with van der Waals surface area (Å²) in [6, 6.07) is 6.01. The van der Waals surface area contributed by atoms with Crippen molar-refractivity contribution >= 4 is 17.4 Å². The van der Waals surface area contributed by atoms with E-state index in [1.165, 1.54) is 18.3 Å². The summed E-state index contributed by atoms with van der Waals surface area (Å²) in [4.78, 5) is 30.0. The fraction of sp³-hybridized carbons (Fsp3) is 0.250. The van der Waals surface area contributed by atoms with Gasteiger partial charge in [0.25, 0.3) is 11.6 Å². The van der Waals surface area contributed by atoms with E-state index in [4.69, 9.17) is 0 Å². The van der Waals surface area contributed by atoms with Crippen LogP contribution in [0.25, 0.3) is 0 Å². The zero-order chi connectivity index (χ0) is 18.0. The first-order valence-corrected chi connectivity index (χ1v) is 7.55. The van der Waals surface area contributed by atoms with E-state index in [-0.39, 0.29) is 17.2 Å². The van der Waals surface area contributed by atoms with Gasteiger partial charge in [-0.2, -0.15) is 0 Å². The van der Waals surface area contributed by atoms with Gasteiger partial charge in [-0.25, -0.2) is 13.8 Å². The van der Waals surface area contributed by atoms with Crippen LogP contribution in [-0.2, 0) is 0 Å². The van der Waals surface area contributed by atoms with E-state index in [1.807, 2.05) is 4.90 Å². The molecule has 1 aliphatic heterocycles. The Balaban J connectivity index is 1.64. The summed E-state index contributed by atoms with van der Waals surface area (Å²) in [7, 11) is 0. The highest BCUT2D eigenvalue weighted by atomic mass is 19.2. The Labute approximate surface area is 141 Å². The van der Waals surface area contributed by atoms with E-state index in [2.05, 4.69) is 4.98 Å². The minimum Gasteiger partial charge on any atom is -0.353 e. The number of amides is 1. The highest BCUT2D eigenvalue weighted by molar-refractivity contribution is 5.94. The quantitative estimate of drug-likeness (QED) is 0.628. The van der Waals surface area contributed by atoms with Crippen LogP contribution in [0.2, 0.25) is 0 Å². The maximum absolute atomic E-state index is 13.3. The van der Waals surface area contributed by atoms with Gasteiger partial charge >= 0.3 is 0 Å². The Kier molecular flexibility index (Phi) is 4.55. The van der Waals surface area contributed by atoms with Crippen molar-refractivity contribution in [2.75, 3.05) is 31.1 Å². The number of piperazine rings is 1. The van der Waals surface area contributed by atoms with Crippen molar-refractivity contribution in [2.24, 2.45) is 0 Å². The molecule has 0 atom stereocenters. The number of anilines is 1. The minimum atomic E-state index is -1.06. The first-order chi connectivity index (χ1) is 12.0. The molecule has 1 fully saturated rings. The van der Waals surface area contributed by atoms with Crippen molar-refractivity contribution in [1.29, 1.82) is 0 Å². The molecule has 130 valence electrons. The van der Waals surface area contributed by atoms with Crippen LogP contribution in [0.5, 0.6) is 0 Å². The molecule has 0 N–H and O–H groups in total. The molecule has 9 heteroatoms. The molecule has 1 aliphatic rings. The molecular formula is C16H14F2N4O3. The lowest BCUT2D eigenvalue weighted by atomic mass is 10.1. The first kappa shape index (κ1) is 16.7. The monoisotopic (exact) mass is 348 g/mol. The third-order valence-electron chi connectivity index (χ3n) is 4.00. The van der Waals surface area contributed by atoms with Crippen LogP contribution in [0.15, 0.2) is 36.5 Å². The van der Waals surface area contributed by atoms with Gasteiger partial charge in [-0.1, -0.05) is 0 Å². The van der Waals surface area contributed by atoms with E-state index in [1.54, 1.807) is 11.0 Å². The van der Waals surface area contributed by atoms with Gasteiger partial charge in [0.1, 0.15) is 12.0 Å². The molecule has 1 saturated heterocycles. The number of nitro groups is 1. The highest BCUT2D eigenvalue weighted by Gasteiger charge is 2.23. The number of halogens is 2. The number of nitrogens with zero attached hydrogens (tertiary/aromatic N) is 4. The Morgan fingerprint density at radius 1 is 1.08 bits per heavy atom. The fourth-order valence-corrected chi connectivity index (χ4v) is 2.62. The molecule has 1 amide bonds. The summed E-state index contributed by atoms with van der Waals surface area (Å²) in [6.45, 7) is 1.74. The minimum absolute atomic E-state index is 0.0871. The molecule has 25 heavy (non-hydrogen) atoms. The first-order valence-electron chi connectivity index (χ1n) is 7.55. The molecule has 0 unspecified atom stereocenters. The highest BCUT2D eigenvalue weighted by Crippen LogP contribution is 2.18. The van der Waals surface area contributed by atoms with Gasteiger partial charge in [0.2, 0.25) is 0 Å². The van der Waals surface area contributed by atoms with Crippen LogP contribution in [-0.4, -0.2) is 46.9 Å². The summed E-state index contributed by atoms with van der Waals surface area (Å²) < 4.78 is 26.2. The number of hydrogen-bond donors (Lipinski definition) is 0. The molecule has 1 aromatic carbocycles. The van der Waals surface area contributed by atoms with E-state index in [0.29, 0.717) is 32.0 Å². The lowest BCUT2D eigenvalue weighted by Crippen LogP contribution is -2.49. The van der Waals surface area contributed by atoms with Crippen molar-refractivity contribution in [3.63, 3.8) is 0 Å². The van der Waals surface area contributed by atoms with Gasteiger partial charge in [0.15, 0.2) is 11.6 Å². The van der Waals surface area contributed by atoms with Crippen LogP contribution in [0.4, 0.5) is 20.3 Å². The lowest BCUT2D eigenvalue weighted by Gasteiger charge is -2.35. The molecule has 3 rings (SSSR count). The van der Waals surface area contributed by atoms with E-state index in [0.717, 1.165) is 12.1 Å². The third-order valence-corrected chi connectivity index (χ3v) is 4.00. The summed E-state index contributed by atoms with van der Waals surface area (Å²) >= 11 is 0. The van der Waals surface area contributed by atoms with Crippen molar-refractivity contribution in [1.82, 2.24) is 9.88 Å². The largest absolute Gasteiger partial charge is 0.353 e. The van der Waals surface area contributed by atoms with Crippen molar-refractivity contribution < 1.29 is 18.5 Å². The van der Waals surface area contributed by atoms with Gasteiger partial charge in [0.05, 0.1) is 4.92 Å². The Morgan fingerprint density at radius 3 is 2.36 bits per heavy atom. The predicted octanol–water partition coefficient (Wildman–Crippen LogP) is 2.23. The third kappa shape index (κ3) is 3.54. The second-order valence-corrected chi connectivity index (χ2v) is 5.54. The van der Waals surface area contributed by atoms with Gasteiger partial charge in [-0.3, -0.25) is 14.9 Å². The number of carbonyl (C=O) groups excluding carboxylic acids is 1. The van der Waals surface area contributed by atoms with E-state index in [9.17, 15) is 23.7 Å². The Hall–Kier alpha value is -3.10. The van der Waals surface area contributed by atoms with Crippen molar-refractivity contribution in [2.45, 2.75) is 0 Å². The Morgan fingerprint density at radius 2 is 1.80 bits per heavy atom. The predicted molar refractivity (Wildman–Crippen MR) is 85.4 cm³/mol. The molecule has 0 spiro atoms. The molecule has 0 bridgehead atoms. The summed E-state index contributed by atoms with van der Waals surface area (Å²) in [5.74, 6) is -1.83. The standard InChI is InChI=1S/C16H14F2N4O3/c17-13-3-1-11(9-14(13)18)16(23)21-7-5-20(6-8-21)15-4-2-12(10-19-15)22(24)25/h1-4,9-10H,5-8H2. The van der Waals surface area contributed by atoms with Crippen LogP contribution in [0, 0.1) is 21.7 Å². The van der Waals surface area contributed by atoms with Gasteiger partial charge < -0.3 is 9.80 Å². The molecule has 2 heterocycles. The fourth-order valence-electron chi connectivity index (χ4n) is 2.62. The number of pyridine rings is 1. The Bertz CT molecular complexity index is 806. The lowest BCUT2D eigenvalue weighted by molar-refractivity contribution is -0.385. The molecule has 2 aromatic rings. The van der Waals surface area contributed by atoms with Gasteiger partial charge in [0, 0.05) is 37.8 Å². The zero-order valence-electron chi connectivity index (χ0n) is 13.1. The second kappa shape index (κ2) is 6.80. The second-order valence-electron chi connectivity index (χ2n) is 5.54. The molecule has 1 aromatic heterocycles. The van der Waals surface area contributed by atoms with Crippen LogP contribution < -0.4 is 4.90 Å². The SMILES string of the molecule is O=C(c1ccc(F)c(F)c1)N1CCN(c2ccc([N+](=O)[O-])cn2)CC1. The zero-order valence-corrected chi connectivity index (χ0v) is 13.1. The normalized spacial score (nSPS) is 14.5. The van der Waals surface area contributed by atoms with Crippen molar-refractivity contribution in [3.05, 3.63) is 63.8 Å². The van der Waals surface area contributed by atoms with Gasteiger partial charge in [-0.15, -0.1) is 0 Å². The van der Waals surface area contributed by atoms with E-state index >= 15 is 0 Å². The summed E-state index contributed by atoms with van der Waals surface area (Å²) in [5.41, 5.74) is 0.0108. The average molecular weight is 348 g/mol. The molecule has 7 nitrogen and oxygen atoms in total. The summed E-state index contributed by atoms with van der Waals surface area (Å²) in [6.07, 6.45) is 1.19. The van der Waals surface area contributed by atoms with Crippen LogP contribution in [0.3, 0.4) is 0 Å². The molecule has 0 aliphatic carbocycles. The van der Waals surface area contributed by atoms with Crippen molar-refractivity contribution in [3.8, 4) is 0 Å². The maximum atomic E-state index is 13.3. The molecule has 0 saturated carbocycles. The smallest absolute Gasteiger partial charge is 0.287 e. The molecular weight excluding hydrogens is 334 g/mol. The number of aromatic nitrogens is 1.